The van der Waals surface area contributed by atoms with Crippen molar-refractivity contribution in [1.29, 1.82) is 0 Å². The number of alkyl halides is 2. The largest absolute Gasteiger partial charge is 0.435 e. The number of carbonyl (C=O) groups is 1. The number of nitrogens with two attached hydrogens (primary N) is 1. The number of rotatable bonds is 7. The number of aryl methyl sites for hydroxylation is 1. The van der Waals surface area contributed by atoms with E-state index in [9.17, 15) is 13.6 Å². The highest BCUT2D eigenvalue weighted by Gasteiger charge is 2.12. The molecule has 2 aromatic rings. The van der Waals surface area contributed by atoms with Gasteiger partial charge in [0.1, 0.15) is 5.75 Å². The van der Waals surface area contributed by atoms with Crippen LogP contribution in [0.5, 0.6) is 5.75 Å². The summed E-state index contributed by atoms with van der Waals surface area (Å²) in [6, 6.07) is 9.13. The minimum Gasteiger partial charge on any atom is -0.435 e. The van der Waals surface area contributed by atoms with Gasteiger partial charge in [0.05, 0.1) is 11.4 Å². The van der Waals surface area contributed by atoms with Crippen LogP contribution in [0.3, 0.4) is 0 Å². The van der Waals surface area contributed by atoms with Gasteiger partial charge in [0.25, 0.3) is 5.91 Å². The van der Waals surface area contributed by atoms with Crippen LogP contribution in [-0.2, 0) is 6.54 Å². The standard InChI is InChI=1S/C17H20F2N4O2/c1-10-3-8-14(20)15(23-21-2)13(10)9-22-16(24)11-4-6-12(7-5-11)25-17(18)19/h3-8,17,21,23H,9,20H2,1-2H3,(H,22,24). The maximum absolute atomic E-state index is 12.2. The third-order valence-corrected chi connectivity index (χ3v) is 3.60. The van der Waals surface area contributed by atoms with Crippen LogP contribution in [0, 0.1) is 6.92 Å². The maximum Gasteiger partial charge on any atom is 0.387 e. The first kappa shape index (κ1) is 18.5. The van der Waals surface area contributed by atoms with Gasteiger partial charge in [0, 0.05) is 24.7 Å². The zero-order chi connectivity index (χ0) is 18.4. The smallest absolute Gasteiger partial charge is 0.387 e. The number of ether oxygens (including phenoxy) is 1. The Bertz CT molecular complexity index is 736. The normalized spacial score (nSPS) is 10.6. The van der Waals surface area contributed by atoms with Crippen molar-refractivity contribution in [3.05, 3.63) is 53.1 Å². The summed E-state index contributed by atoms with van der Waals surface area (Å²) in [6.07, 6.45) is 0. The molecule has 5 N–H and O–H groups in total. The number of halogens is 2. The van der Waals surface area contributed by atoms with Gasteiger partial charge in [-0.3, -0.25) is 4.79 Å². The van der Waals surface area contributed by atoms with Crippen LogP contribution in [0.15, 0.2) is 36.4 Å². The fraction of sp³-hybridized carbons (Fsp3) is 0.235. The highest BCUT2D eigenvalue weighted by Crippen LogP contribution is 2.26. The van der Waals surface area contributed by atoms with Crippen LogP contribution >= 0.6 is 0 Å². The molecule has 0 radical (unpaired) electrons. The van der Waals surface area contributed by atoms with Gasteiger partial charge in [-0.05, 0) is 42.8 Å². The molecule has 6 nitrogen and oxygen atoms in total. The fourth-order valence-corrected chi connectivity index (χ4v) is 2.33. The monoisotopic (exact) mass is 350 g/mol. The van der Waals surface area contributed by atoms with E-state index in [0.717, 1.165) is 11.1 Å². The summed E-state index contributed by atoms with van der Waals surface area (Å²) in [5.41, 5.74) is 15.1. The van der Waals surface area contributed by atoms with E-state index in [1.54, 1.807) is 13.1 Å². The van der Waals surface area contributed by atoms with Crippen molar-refractivity contribution in [2.45, 2.75) is 20.1 Å². The summed E-state index contributed by atoms with van der Waals surface area (Å²) in [5, 5.41) is 2.79. The molecule has 134 valence electrons. The maximum atomic E-state index is 12.2. The van der Waals surface area contributed by atoms with Gasteiger partial charge in [-0.2, -0.15) is 8.78 Å². The van der Waals surface area contributed by atoms with Crippen molar-refractivity contribution in [2.24, 2.45) is 0 Å². The molecule has 0 atom stereocenters. The lowest BCUT2D eigenvalue weighted by molar-refractivity contribution is -0.0498. The molecule has 2 aromatic carbocycles. The van der Waals surface area contributed by atoms with E-state index in [2.05, 4.69) is 20.9 Å². The Hall–Kier alpha value is -2.87. The number of benzene rings is 2. The molecule has 0 saturated carbocycles. The fourth-order valence-electron chi connectivity index (χ4n) is 2.33. The number of hydrogen-bond acceptors (Lipinski definition) is 5. The number of carbonyl (C=O) groups excluding carboxylic acids is 1. The number of hydrogen-bond donors (Lipinski definition) is 4. The topological polar surface area (TPSA) is 88.4 Å². The second kappa shape index (κ2) is 8.29. The molecule has 0 heterocycles. The average molecular weight is 350 g/mol. The number of amides is 1. The predicted octanol–water partition coefficient (Wildman–Crippen LogP) is 2.65. The van der Waals surface area contributed by atoms with Crippen LogP contribution in [-0.4, -0.2) is 19.6 Å². The molecular formula is C17H20F2N4O2. The summed E-state index contributed by atoms with van der Waals surface area (Å²) >= 11 is 0. The van der Waals surface area contributed by atoms with E-state index in [4.69, 9.17) is 5.73 Å². The third kappa shape index (κ3) is 4.80. The molecule has 25 heavy (non-hydrogen) atoms. The molecule has 0 bridgehead atoms. The Labute approximate surface area is 144 Å². The summed E-state index contributed by atoms with van der Waals surface area (Å²) in [6.45, 7) is -0.725. The molecule has 0 saturated heterocycles. The van der Waals surface area contributed by atoms with E-state index in [-0.39, 0.29) is 18.2 Å². The first-order chi connectivity index (χ1) is 11.9. The van der Waals surface area contributed by atoms with Crippen LogP contribution in [0.25, 0.3) is 0 Å². The van der Waals surface area contributed by atoms with Gasteiger partial charge >= 0.3 is 6.61 Å². The Balaban J connectivity index is 2.08. The van der Waals surface area contributed by atoms with Crippen molar-refractivity contribution in [3.63, 3.8) is 0 Å². The molecule has 1 amide bonds. The van der Waals surface area contributed by atoms with Crippen molar-refractivity contribution in [3.8, 4) is 5.75 Å². The first-order valence-electron chi connectivity index (χ1n) is 7.56. The van der Waals surface area contributed by atoms with Gasteiger partial charge in [0.2, 0.25) is 0 Å². The van der Waals surface area contributed by atoms with Gasteiger partial charge in [0.15, 0.2) is 0 Å². The summed E-state index contributed by atoms with van der Waals surface area (Å²) in [7, 11) is 1.72. The number of nitrogen functional groups attached to an aromatic ring is 1. The quantitative estimate of drug-likeness (QED) is 0.455. The molecule has 8 heteroatoms. The Morgan fingerprint density at radius 2 is 1.88 bits per heavy atom. The van der Waals surface area contributed by atoms with Crippen LogP contribution in [0.2, 0.25) is 0 Å². The van der Waals surface area contributed by atoms with Crippen molar-refractivity contribution >= 4 is 17.3 Å². The second-order valence-corrected chi connectivity index (χ2v) is 5.29. The minimum absolute atomic E-state index is 0.00117. The second-order valence-electron chi connectivity index (χ2n) is 5.29. The molecule has 0 aliphatic rings. The van der Waals surface area contributed by atoms with E-state index in [0.29, 0.717) is 16.9 Å². The van der Waals surface area contributed by atoms with Crippen molar-refractivity contribution in [1.82, 2.24) is 10.7 Å². The zero-order valence-corrected chi connectivity index (χ0v) is 13.9. The van der Waals surface area contributed by atoms with Gasteiger partial charge < -0.3 is 21.2 Å². The summed E-state index contributed by atoms with van der Waals surface area (Å²) < 4.78 is 28.5. The highest BCUT2D eigenvalue weighted by molar-refractivity contribution is 5.94. The molecule has 0 unspecified atom stereocenters. The average Bonchev–Trinajstić information content (AvgIpc) is 2.57. The van der Waals surface area contributed by atoms with Gasteiger partial charge in [-0.15, -0.1) is 0 Å². The summed E-state index contributed by atoms with van der Waals surface area (Å²) in [5.74, 6) is -0.334. The van der Waals surface area contributed by atoms with Gasteiger partial charge in [-0.25, -0.2) is 5.43 Å². The minimum atomic E-state index is -2.90. The first-order valence-corrected chi connectivity index (χ1v) is 7.56. The van der Waals surface area contributed by atoms with Crippen LogP contribution in [0.1, 0.15) is 21.5 Å². The Morgan fingerprint density at radius 3 is 2.48 bits per heavy atom. The van der Waals surface area contributed by atoms with Crippen LogP contribution < -0.4 is 26.6 Å². The van der Waals surface area contributed by atoms with Crippen molar-refractivity contribution in [2.75, 3.05) is 18.2 Å². The molecule has 0 fully saturated rings. The number of hydrazine groups is 1. The lowest BCUT2D eigenvalue weighted by atomic mass is 10.0. The summed E-state index contributed by atoms with van der Waals surface area (Å²) in [4.78, 5) is 12.2. The highest BCUT2D eigenvalue weighted by atomic mass is 19.3. The molecule has 0 aromatic heterocycles. The molecular weight excluding hydrogens is 330 g/mol. The molecule has 0 spiro atoms. The van der Waals surface area contributed by atoms with E-state index < -0.39 is 6.61 Å². The van der Waals surface area contributed by atoms with E-state index in [1.807, 2.05) is 13.0 Å². The van der Waals surface area contributed by atoms with Crippen molar-refractivity contribution < 1.29 is 18.3 Å². The lowest BCUT2D eigenvalue weighted by Crippen LogP contribution is -2.25. The van der Waals surface area contributed by atoms with E-state index >= 15 is 0 Å². The molecule has 0 aliphatic carbocycles. The predicted molar refractivity (Wildman–Crippen MR) is 92.5 cm³/mol. The number of nitrogens with one attached hydrogen (secondary N) is 3. The van der Waals surface area contributed by atoms with E-state index in [1.165, 1.54) is 24.3 Å². The lowest BCUT2D eigenvalue weighted by Gasteiger charge is -2.17. The SMILES string of the molecule is CNNc1c(N)ccc(C)c1CNC(=O)c1ccc(OC(F)F)cc1. The molecule has 2 rings (SSSR count). The Morgan fingerprint density at radius 1 is 1.20 bits per heavy atom. The van der Waals surface area contributed by atoms with Crippen LogP contribution in [0.4, 0.5) is 20.2 Å². The molecule has 0 aliphatic heterocycles. The Kier molecular flexibility index (Phi) is 6.13. The van der Waals surface area contributed by atoms with Gasteiger partial charge in [-0.1, -0.05) is 6.07 Å². The third-order valence-electron chi connectivity index (χ3n) is 3.60. The zero-order valence-electron chi connectivity index (χ0n) is 13.9. The number of anilines is 2.